The third-order valence-electron chi connectivity index (χ3n) is 3.37. The van der Waals surface area contributed by atoms with Crippen LogP contribution in [0.3, 0.4) is 0 Å². The molecule has 0 aliphatic carbocycles. The number of fused-ring (bicyclic) bond motifs is 1. The molecule has 2 aromatic heterocycles. The van der Waals surface area contributed by atoms with Crippen molar-refractivity contribution in [3.8, 4) is 0 Å². The van der Waals surface area contributed by atoms with E-state index in [0.717, 1.165) is 49.5 Å². The van der Waals surface area contributed by atoms with Crippen LogP contribution in [-0.4, -0.2) is 22.6 Å². The van der Waals surface area contributed by atoms with E-state index in [2.05, 4.69) is 11.2 Å². The second-order valence-electron chi connectivity index (χ2n) is 4.72. The summed E-state index contributed by atoms with van der Waals surface area (Å²) in [6.07, 6.45) is 7.41. The zero-order chi connectivity index (χ0) is 11.7. The first-order chi connectivity index (χ1) is 8.31. The van der Waals surface area contributed by atoms with Crippen LogP contribution in [0.2, 0.25) is 0 Å². The molecule has 2 aromatic rings. The molecule has 3 rings (SSSR count). The quantitative estimate of drug-likeness (QED) is 0.858. The predicted octanol–water partition coefficient (Wildman–Crippen LogP) is 1.89. The summed E-state index contributed by atoms with van der Waals surface area (Å²) in [4.78, 5) is 4.61. The molecule has 4 heteroatoms. The van der Waals surface area contributed by atoms with E-state index in [1.165, 1.54) is 0 Å². The van der Waals surface area contributed by atoms with Gasteiger partial charge in [-0.15, -0.1) is 0 Å². The van der Waals surface area contributed by atoms with Gasteiger partial charge in [-0.05, 0) is 31.2 Å². The summed E-state index contributed by atoms with van der Waals surface area (Å²) in [5.74, 6) is 0.714. The van der Waals surface area contributed by atoms with Crippen molar-refractivity contribution >= 4 is 11.3 Å². The van der Waals surface area contributed by atoms with E-state index in [4.69, 9.17) is 10.5 Å². The molecule has 1 saturated heterocycles. The smallest absolute Gasteiger partial charge is 0.139 e. The number of hydrogen-bond acceptors (Lipinski definition) is 3. The molecule has 1 aliphatic rings. The van der Waals surface area contributed by atoms with Gasteiger partial charge >= 0.3 is 0 Å². The number of nitrogens with two attached hydrogens (primary N) is 1. The fraction of sp³-hybridized carbons (Fsp3) is 0.462. The molecular formula is C13H17N3O. The first-order valence-corrected chi connectivity index (χ1v) is 6.12. The maximum absolute atomic E-state index is 5.75. The van der Waals surface area contributed by atoms with Crippen LogP contribution in [0.25, 0.3) is 5.65 Å². The van der Waals surface area contributed by atoms with E-state index >= 15 is 0 Å². The lowest BCUT2D eigenvalue weighted by Gasteiger charge is -2.20. The average molecular weight is 231 g/mol. The predicted molar refractivity (Wildman–Crippen MR) is 66.9 cm³/mol. The standard InChI is InChI=1S/C13H17N3O/c14-11-1-4-16-9-12(15-13(16)8-11)7-10-2-5-17-6-3-10/h1,4,8-10H,2-3,5-7,14H2. The highest BCUT2D eigenvalue weighted by molar-refractivity contribution is 5.52. The fourth-order valence-electron chi connectivity index (χ4n) is 2.39. The van der Waals surface area contributed by atoms with E-state index in [-0.39, 0.29) is 0 Å². The van der Waals surface area contributed by atoms with Gasteiger partial charge in [0, 0.05) is 37.4 Å². The zero-order valence-corrected chi connectivity index (χ0v) is 9.80. The summed E-state index contributed by atoms with van der Waals surface area (Å²) < 4.78 is 7.40. The number of nitrogens with zero attached hydrogens (tertiary/aromatic N) is 2. The zero-order valence-electron chi connectivity index (χ0n) is 9.80. The molecule has 0 saturated carbocycles. The van der Waals surface area contributed by atoms with Crippen LogP contribution in [-0.2, 0) is 11.2 Å². The Hall–Kier alpha value is -1.55. The van der Waals surface area contributed by atoms with E-state index in [9.17, 15) is 0 Å². The maximum atomic E-state index is 5.75. The SMILES string of the molecule is Nc1ccn2cc(CC3CCOCC3)nc2c1. The number of hydrogen-bond donors (Lipinski definition) is 1. The number of anilines is 1. The molecule has 1 aliphatic heterocycles. The Bertz CT molecular complexity index is 514. The van der Waals surface area contributed by atoms with E-state index in [1.807, 2.05) is 22.7 Å². The molecule has 90 valence electrons. The summed E-state index contributed by atoms with van der Waals surface area (Å²) in [7, 11) is 0. The minimum Gasteiger partial charge on any atom is -0.399 e. The molecule has 2 N–H and O–H groups in total. The van der Waals surface area contributed by atoms with Gasteiger partial charge in [0.05, 0.1) is 5.69 Å². The third kappa shape index (κ3) is 2.26. The molecule has 0 unspecified atom stereocenters. The molecule has 0 amide bonds. The average Bonchev–Trinajstić information content (AvgIpc) is 2.71. The van der Waals surface area contributed by atoms with Gasteiger partial charge in [0.15, 0.2) is 0 Å². The van der Waals surface area contributed by atoms with Crippen LogP contribution < -0.4 is 5.73 Å². The van der Waals surface area contributed by atoms with Crippen molar-refractivity contribution in [2.75, 3.05) is 18.9 Å². The Kier molecular flexibility index (Phi) is 2.73. The van der Waals surface area contributed by atoms with Crippen molar-refractivity contribution < 1.29 is 4.74 Å². The van der Waals surface area contributed by atoms with Crippen molar-refractivity contribution in [3.63, 3.8) is 0 Å². The topological polar surface area (TPSA) is 52.5 Å². The molecule has 0 radical (unpaired) electrons. The first kappa shape index (κ1) is 10.6. The summed E-state index contributed by atoms with van der Waals surface area (Å²) >= 11 is 0. The monoisotopic (exact) mass is 231 g/mol. The van der Waals surface area contributed by atoms with E-state index in [0.29, 0.717) is 5.92 Å². The van der Waals surface area contributed by atoms with Crippen molar-refractivity contribution in [2.24, 2.45) is 5.92 Å². The van der Waals surface area contributed by atoms with Crippen LogP contribution in [0, 0.1) is 5.92 Å². The van der Waals surface area contributed by atoms with Gasteiger partial charge in [-0.25, -0.2) is 4.98 Å². The van der Waals surface area contributed by atoms with Crippen LogP contribution in [0.15, 0.2) is 24.5 Å². The lowest BCUT2D eigenvalue weighted by Crippen LogP contribution is -2.17. The fourth-order valence-corrected chi connectivity index (χ4v) is 2.39. The van der Waals surface area contributed by atoms with Crippen molar-refractivity contribution in [2.45, 2.75) is 19.3 Å². The van der Waals surface area contributed by atoms with Gasteiger partial charge in [-0.3, -0.25) is 0 Å². The first-order valence-electron chi connectivity index (χ1n) is 6.12. The number of pyridine rings is 1. The van der Waals surface area contributed by atoms with Gasteiger partial charge in [0.25, 0.3) is 0 Å². The van der Waals surface area contributed by atoms with Gasteiger partial charge in [-0.1, -0.05) is 0 Å². The lowest BCUT2D eigenvalue weighted by atomic mass is 9.95. The Morgan fingerprint density at radius 2 is 2.24 bits per heavy atom. The van der Waals surface area contributed by atoms with Crippen LogP contribution >= 0.6 is 0 Å². The lowest BCUT2D eigenvalue weighted by molar-refractivity contribution is 0.0663. The minimum atomic E-state index is 0.714. The summed E-state index contributed by atoms with van der Waals surface area (Å²) in [6, 6.07) is 3.81. The van der Waals surface area contributed by atoms with Crippen LogP contribution in [0.1, 0.15) is 18.5 Å². The van der Waals surface area contributed by atoms with Crippen molar-refractivity contribution in [1.29, 1.82) is 0 Å². The number of nitrogen functional groups attached to an aromatic ring is 1. The highest BCUT2D eigenvalue weighted by Crippen LogP contribution is 2.20. The maximum Gasteiger partial charge on any atom is 0.139 e. The van der Waals surface area contributed by atoms with Gasteiger partial charge in [0.2, 0.25) is 0 Å². The van der Waals surface area contributed by atoms with Crippen molar-refractivity contribution in [3.05, 3.63) is 30.2 Å². The molecule has 17 heavy (non-hydrogen) atoms. The van der Waals surface area contributed by atoms with E-state index < -0.39 is 0 Å². The Morgan fingerprint density at radius 3 is 3.06 bits per heavy atom. The molecule has 3 heterocycles. The molecule has 0 atom stereocenters. The van der Waals surface area contributed by atoms with Crippen LogP contribution in [0.4, 0.5) is 5.69 Å². The Balaban J connectivity index is 1.80. The molecular weight excluding hydrogens is 214 g/mol. The molecule has 0 bridgehead atoms. The highest BCUT2D eigenvalue weighted by Gasteiger charge is 2.15. The highest BCUT2D eigenvalue weighted by atomic mass is 16.5. The van der Waals surface area contributed by atoms with Gasteiger partial charge < -0.3 is 14.9 Å². The minimum absolute atomic E-state index is 0.714. The number of ether oxygens (including phenoxy) is 1. The molecule has 0 spiro atoms. The number of aromatic nitrogens is 2. The molecule has 0 aromatic carbocycles. The summed E-state index contributed by atoms with van der Waals surface area (Å²) in [5.41, 5.74) is 8.60. The molecule has 4 nitrogen and oxygen atoms in total. The number of imidazole rings is 1. The summed E-state index contributed by atoms with van der Waals surface area (Å²) in [5, 5.41) is 0. The van der Waals surface area contributed by atoms with Gasteiger partial charge in [0.1, 0.15) is 5.65 Å². The number of rotatable bonds is 2. The largest absolute Gasteiger partial charge is 0.399 e. The molecule has 1 fully saturated rings. The Labute approximate surface area is 100 Å². The van der Waals surface area contributed by atoms with Crippen molar-refractivity contribution in [1.82, 2.24) is 9.38 Å². The Morgan fingerprint density at radius 1 is 1.41 bits per heavy atom. The normalized spacial score (nSPS) is 17.6. The second kappa shape index (κ2) is 4.37. The second-order valence-corrected chi connectivity index (χ2v) is 4.72. The van der Waals surface area contributed by atoms with Crippen LogP contribution in [0.5, 0.6) is 0 Å². The third-order valence-corrected chi connectivity index (χ3v) is 3.37. The van der Waals surface area contributed by atoms with Gasteiger partial charge in [-0.2, -0.15) is 0 Å². The van der Waals surface area contributed by atoms with E-state index in [1.54, 1.807) is 0 Å². The summed E-state index contributed by atoms with van der Waals surface area (Å²) in [6.45, 7) is 1.79.